The maximum atomic E-state index is 11.5. The fourth-order valence-electron chi connectivity index (χ4n) is 1.21. The molecule has 0 saturated heterocycles. The topological polar surface area (TPSA) is 96.3 Å². The molecular formula is C11H12N2O4S. The highest BCUT2D eigenvalue weighted by molar-refractivity contribution is 7.90. The molecule has 1 aromatic carbocycles. The van der Waals surface area contributed by atoms with Crippen LogP contribution in [0.3, 0.4) is 0 Å². The molecule has 0 bridgehead atoms. The zero-order valence-electron chi connectivity index (χ0n) is 9.71. The maximum Gasteiger partial charge on any atom is 0.322 e. The van der Waals surface area contributed by atoms with E-state index in [4.69, 9.17) is 5.26 Å². The van der Waals surface area contributed by atoms with E-state index in [0.717, 1.165) is 7.11 Å². The van der Waals surface area contributed by atoms with Gasteiger partial charge in [0.05, 0.1) is 18.7 Å². The van der Waals surface area contributed by atoms with Crippen molar-refractivity contribution < 1.29 is 17.9 Å². The second-order valence-corrected chi connectivity index (χ2v) is 5.28. The summed E-state index contributed by atoms with van der Waals surface area (Å²) in [6.45, 7) is 0.0227. The van der Waals surface area contributed by atoms with Gasteiger partial charge in [0.25, 0.3) is 0 Å². The van der Waals surface area contributed by atoms with Crippen LogP contribution >= 0.6 is 0 Å². The summed E-state index contributed by atoms with van der Waals surface area (Å²) in [5.41, 5.74) is 1.09. The van der Waals surface area contributed by atoms with Crippen molar-refractivity contribution in [1.29, 1.82) is 5.26 Å². The molecule has 0 spiro atoms. The Balaban J connectivity index is 2.65. The van der Waals surface area contributed by atoms with E-state index in [2.05, 4.69) is 9.46 Å². The number of nitrogens with one attached hydrogen (secondary N) is 1. The number of benzene rings is 1. The van der Waals surface area contributed by atoms with E-state index >= 15 is 0 Å². The van der Waals surface area contributed by atoms with E-state index in [1.165, 1.54) is 0 Å². The van der Waals surface area contributed by atoms with Crippen molar-refractivity contribution >= 4 is 16.0 Å². The Kier molecular flexibility index (Phi) is 4.83. The first-order chi connectivity index (χ1) is 8.46. The number of sulfonamides is 1. The lowest BCUT2D eigenvalue weighted by Gasteiger charge is -2.05. The second-order valence-electron chi connectivity index (χ2n) is 3.47. The number of carbonyl (C=O) groups is 1. The molecule has 0 aliphatic heterocycles. The van der Waals surface area contributed by atoms with Gasteiger partial charge >= 0.3 is 5.97 Å². The number of rotatable bonds is 5. The van der Waals surface area contributed by atoms with Crippen LogP contribution in [0.1, 0.15) is 11.1 Å². The number of esters is 1. The van der Waals surface area contributed by atoms with Crippen LogP contribution in [-0.4, -0.2) is 27.2 Å². The van der Waals surface area contributed by atoms with Gasteiger partial charge in [-0.15, -0.1) is 0 Å². The van der Waals surface area contributed by atoms with E-state index in [9.17, 15) is 13.2 Å². The second kappa shape index (κ2) is 6.14. The molecule has 0 unspecified atom stereocenters. The molecule has 0 aromatic heterocycles. The highest BCUT2D eigenvalue weighted by atomic mass is 32.2. The Morgan fingerprint density at radius 2 is 2.22 bits per heavy atom. The molecule has 0 saturated carbocycles. The van der Waals surface area contributed by atoms with Crippen molar-refractivity contribution in [1.82, 2.24) is 4.72 Å². The third kappa shape index (κ3) is 4.53. The molecule has 0 aliphatic rings. The van der Waals surface area contributed by atoms with Crippen molar-refractivity contribution in [3.63, 3.8) is 0 Å². The lowest BCUT2D eigenvalue weighted by atomic mass is 10.1. The predicted octanol–water partition coefficient (Wildman–Crippen LogP) is 0.151. The van der Waals surface area contributed by atoms with Crippen LogP contribution in [0.25, 0.3) is 0 Å². The number of hydrogen-bond donors (Lipinski definition) is 1. The molecule has 6 nitrogen and oxygen atoms in total. The minimum atomic E-state index is -3.72. The zero-order valence-corrected chi connectivity index (χ0v) is 10.5. The third-order valence-corrected chi connectivity index (χ3v) is 3.29. The summed E-state index contributed by atoms with van der Waals surface area (Å²) in [7, 11) is -2.60. The van der Waals surface area contributed by atoms with Gasteiger partial charge in [-0.2, -0.15) is 5.26 Å². The number of methoxy groups -OCH3 is 1. The molecule has 7 heteroatoms. The molecular weight excluding hydrogens is 256 g/mol. The van der Waals surface area contributed by atoms with Gasteiger partial charge in [0.1, 0.15) is 0 Å². The molecule has 1 aromatic rings. The standard InChI is InChI=1S/C11H12N2O4S/c1-17-11(14)8-18(15,16)13-7-10-4-2-3-9(5-10)6-12/h2-5,13H,7-8H2,1H3. The van der Waals surface area contributed by atoms with Crippen LogP contribution in [0.5, 0.6) is 0 Å². The largest absolute Gasteiger partial charge is 0.468 e. The lowest BCUT2D eigenvalue weighted by Crippen LogP contribution is -2.30. The van der Waals surface area contributed by atoms with Crippen molar-refractivity contribution in [2.24, 2.45) is 0 Å². The molecule has 0 fully saturated rings. The highest BCUT2D eigenvalue weighted by Gasteiger charge is 2.16. The van der Waals surface area contributed by atoms with Crippen LogP contribution in [0, 0.1) is 11.3 Å². The van der Waals surface area contributed by atoms with Gasteiger partial charge in [0.15, 0.2) is 5.75 Å². The number of hydrogen-bond acceptors (Lipinski definition) is 5. The molecule has 0 radical (unpaired) electrons. The fraction of sp³-hybridized carbons (Fsp3) is 0.273. The normalized spacial score (nSPS) is 10.7. The fourth-order valence-corrected chi connectivity index (χ4v) is 2.13. The average molecular weight is 268 g/mol. The monoisotopic (exact) mass is 268 g/mol. The third-order valence-electron chi connectivity index (χ3n) is 2.09. The molecule has 0 aliphatic carbocycles. The minimum Gasteiger partial charge on any atom is -0.468 e. The van der Waals surface area contributed by atoms with Crippen LogP contribution in [0.2, 0.25) is 0 Å². The molecule has 0 atom stereocenters. The number of nitriles is 1. The van der Waals surface area contributed by atoms with Crippen molar-refractivity contribution in [3.8, 4) is 6.07 Å². The van der Waals surface area contributed by atoms with E-state index in [-0.39, 0.29) is 6.54 Å². The van der Waals surface area contributed by atoms with Gasteiger partial charge in [-0.3, -0.25) is 4.79 Å². The summed E-state index contributed by atoms with van der Waals surface area (Å²) >= 11 is 0. The van der Waals surface area contributed by atoms with Gasteiger partial charge in [-0.1, -0.05) is 12.1 Å². The summed E-state index contributed by atoms with van der Waals surface area (Å²) in [5, 5.41) is 8.69. The number of ether oxygens (including phenoxy) is 1. The van der Waals surface area contributed by atoms with Crippen LogP contribution in [-0.2, 0) is 26.1 Å². The lowest BCUT2D eigenvalue weighted by molar-refractivity contribution is -0.137. The van der Waals surface area contributed by atoms with Gasteiger partial charge < -0.3 is 4.74 Å². The summed E-state index contributed by atoms with van der Waals surface area (Å²) in [6, 6.07) is 8.48. The molecule has 1 rings (SSSR count). The first kappa shape index (κ1) is 14.2. The van der Waals surface area contributed by atoms with E-state index in [1.54, 1.807) is 24.3 Å². The average Bonchev–Trinajstić information content (AvgIpc) is 2.36. The van der Waals surface area contributed by atoms with Crippen molar-refractivity contribution in [2.45, 2.75) is 6.54 Å². The zero-order chi connectivity index (χ0) is 13.6. The summed E-state index contributed by atoms with van der Waals surface area (Å²) in [4.78, 5) is 10.9. The van der Waals surface area contributed by atoms with Gasteiger partial charge in [0, 0.05) is 6.54 Å². The highest BCUT2D eigenvalue weighted by Crippen LogP contribution is 2.04. The SMILES string of the molecule is COC(=O)CS(=O)(=O)NCc1cccc(C#N)c1. The maximum absolute atomic E-state index is 11.5. The smallest absolute Gasteiger partial charge is 0.322 e. The Morgan fingerprint density at radius 1 is 1.50 bits per heavy atom. The van der Waals surface area contributed by atoms with Crippen LogP contribution in [0.4, 0.5) is 0 Å². The van der Waals surface area contributed by atoms with E-state index in [1.807, 2.05) is 6.07 Å². The van der Waals surface area contributed by atoms with Crippen molar-refractivity contribution in [2.75, 3.05) is 12.9 Å². The Bertz CT molecular complexity index is 575. The minimum absolute atomic E-state index is 0.0227. The van der Waals surface area contributed by atoms with Gasteiger partial charge in [-0.05, 0) is 17.7 Å². The Morgan fingerprint density at radius 3 is 2.83 bits per heavy atom. The van der Waals surface area contributed by atoms with Crippen LogP contribution < -0.4 is 4.72 Å². The number of nitrogens with zero attached hydrogens (tertiary/aromatic N) is 1. The van der Waals surface area contributed by atoms with E-state index < -0.39 is 21.7 Å². The first-order valence-electron chi connectivity index (χ1n) is 5.00. The molecule has 0 heterocycles. The predicted molar refractivity (Wildman–Crippen MR) is 63.8 cm³/mol. The summed E-state index contributed by atoms with van der Waals surface area (Å²) in [5.74, 6) is -1.55. The molecule has 1 N–H and O–H groups in total. The molecule has 0 amide bonds. The molecule has 96 valence electrons. The Hall–Kier alpha value is -1.91. The number of carbonyl (C=O) groups excluding carboxylic acids is 1. The van der Waals surface area contributed by atoms with Gasteiger partial charge in [0.2, 0.25) is 10.0 Å². The summed E-state index contributed by atoms with van der Waals surface area (Å²) in [6.07, 6.45) is 0. The Labute approximate surface area is 105 Å². The first-order valence-corrected chi connectivity index (χ1v) is 6.65. The molecule has 18 heavy (non-hydrogen) atoms. The van der Waals surface area contributed by atoms with Crippen LogP contribution in [0.15, 0.2) is 24.3 Å². The van der Waals surface area contributed by atoms with E-state index in [0.29, 0.717) is 11.1 Å². The summed E-state index contributed by atoms with van der Waals surface area (Å²) < 4.78 is 29.4. The van der Waals surface area contributed by atoms with Gasteiger partial charge in [-0.25, -0.2) is 13.1 Å². The quantitative estimate of drug-likeness (QED) is 0.767. The van der Waals surface area contributed by atoms with Crippen molar-refractivity contribution in [3.05, 3.63) is 35.4 Å².